The van der Waals surface area contributed by atoms with Gasteiger partial charge in [0.25, 0.3) is 0 Å². The average molecular weight is 296 g/mol. The maximum Gasteiger partial charge on any atom is 0.125 e. The van der Waals surface area contributed by atoms with E-state index in [4.69, 9.17) is 21.1 Å². The summed E-state index contributed by atoms with van der Waals surface area (Å²) in [5.74, 6) is 1.07. The summed E-state index contributed by atoms with van der Waals surface area (Å²) in [6.07, 6.45) is 0. The smallest absolute Gasteiger partial charge is 0.125 e. The van der Waals surface area contributed by atoms with Gasteiger partial charge in [-0.1, -0.05) is 11.6 Å². The van der Waals surface area contributed by atoms with E-state index in [1.807, 2.05) is 12.1 Å². The van der Waals surface area contributed by atoms with Crippen LogP contribution in [0.1, 0.15) is 5.56 Å². The number of hydrogen-bond acceptors (Lipinski definition) is 3. The number of benzene rings is 2. The molecular weight excluding hydrogens is 281 g/mol. The van der Waals surface area contributed by atoms with Gasteiger partial charge in [-0.3, -0.25) is 0 Å². The van der Waals surface area contributed by atoms with Crippen molar-refractivity contribution in [1.82, 2.24) is 0 Å². The lowest BCUT2D eigenvalue weighted by molar-refractivity contribution is 0.393. The second-order valence-electron chi connectivity index (χ2n) is 4.20. The molecule has 0 bridgehead atoms. The molecule has 0 saturated carbocycles. The van der Waals surface area contributed by atoms with Crippen LogP contribution in [0.15, 0.2) is 36.4 Å². The molecule has 0 spiro atoms. The Morgan fingerprint density at radius 3 is 2.30 bits per heavy atom. The zero-order valence-corrected chi connectivity index (χ0v) is 12.0. The van der Waals surface area contributed by atoms with Gasteiger partial charge in [-0.25, -0.2) is 4.39 Å². The quantitative estimate of drug-likeness (QED) is 0.900. The predicted molar refractivity (Wildman–Crippen MR) is 78.3 cm³/mol. The molecule has 106 valence electrons. The number of halogens is 2. The van der Waals surface area contributed by atoms with Crippen molar-refractivity contribution < 1.29 is 13.9 Å². The highest BCUT2D eigenvalue weighted by atomic mass is 35.5. The van der Waals surface area contributed by atoms with Gasteiger partial charge in [-0.05, 0) is 35.9 Å². The summed E-state index contributed by atoms with van der Waals surface area (Å²) in [6.45, 7) is 0.483. The summed E-state index contributed by atoms with van der Waals surface area (Å²) in [6, 6.07) is 9.75. The monoisotopic (exact) mass is 295 g/mol. The molecule has 0 saturated heterocycles. The van der Waals surface area contributed by atoms with Crippen molar-refractivity contribution in [3.8, 4) is 11.5 Å². The minimum absolute atomic E-state index is 0.333. The van der Waals surface area contributed by atoms with Gasteiger partial charge in [-0.15, -0.1) is 0 Å². The Morgan fingerprint density at radius 1 is 1.05 bits per heavy atom. The molecular formula is C15H15ClFNO2. The summed E-state index contributed by atoms with van der Waals surface area (Å²) in [5, 5.41) is 3.56. The summed E-state index contributed by atoms with van der Waals surface area (Å²) in [4.78, 5) is 0. The fraction of sp³-hybridized carbons (Fsp3) is 0.200. The number of rotatable bonds is 5. The van der Waals surface area contributed by atoms with E-state index in [-0.39, 0.29) is 5.82 Å². The van der Waals surface area contributed by atoms with E-state index in [1.165, 1.54) is 18.2 Å². The fourth-order valence-corrected chi connectivity index (χ4v) is 1.98. The van der Waals surface area contributed by atoms with Gasteiger partial charge in [0.2, 0.25) is 0 Å². The minimum atomic E-state index is -0.333. The summed E-state index contributed by atoms with van der Waals surface area (Å²) in [5.41, 5.74) is 1.50. The van der Waals surface area contributed by atoms with Crippen LogP contribution in [0.4, 0.5) is 10.1 Å². The van der Waals surface area contributed by atoms with E-state index < -0.39 is 0 Å². The zero-order valence-electron chi connectivity index (χ0n) is 11.2. The Morgan fingerprint density at radius 2 is 1.70 bits per heavy atom. The van der Waals surface area contributed by atoms with Crippen molar-refractivity contribution in [2.24, 2.45) is 0 Å². The third-order valence-electron chi connectivity index (χ3n) is 2.82. The van der Waals surface area contributed by atoms with Gasteiger partial charge in [0, 0.05) is 12.6 Å². The van der Waals surface area contributed by atoms with Gasteiger partial charge >= 0.3 is 0 Å². The predicted octanol–water partition coefficient (Wildman–Crippen LogP) is 4.11. The van der Waals surface area contributed by atoms with E-state index in [2.05, 4.69) is 5.32 Å². The molecule has 0 atom stereocenters. The van der Waals surface area contributed by atoms with Crippen LogP contribution in [0.3, 0.4) is 0 Å². The van der Waals surface area contributed by atoms with Crippen LogP contribution in [0, 0.1) is 5.82 Å². The van der Waals surface area contributed by atoms with E-state index in [9.17, 15) is 4.39 Å². The highest BCUT2D eigenvalue weighted by Gasteiger charge is 2.05. The molecule has 5 heteroatoms. The zero-order chi connectivity index (χ0) is 14.5. The van der Waals surface area contributed by atoms with Crippen LogP contribution in [-0.4, -0.2) is 14.2 Å². The first-order chi connectivity index (χ1) is 9.62. The van der Waals surface area contributed by atoms with Crippen LogP contribution in [0.2, 0.25) is 5.02 Å². The fourth-order valence-electron chi connectivity index (χ4n) is 1.80. The lowest BCUT2D eigenvalue weighted by atomic mass is 10.2. The standard InChI is InChI=1S/C15H15ClFNO2/c1-19-12-5-10(6-13(8-12)20-2)9-18-15-7-11(17)3-4-14(15)16/h3-8,18H,9H2,1-2H3. The summed E-state index contributed by atoms with van der Waals surface area (Å²) >= 11 is 6.00. The second kappa shape index (κ2) is 6.48. The summed E-state index contributed by atoms with van der Waals surface area (Å²) < 4.78 is 23.6. The Bertz CT molecular complexity index is 582. The molecule has 3 nitrogen and oxygen atoms in total. The molecule has 20 heavy (non-hydrogen) atoms. The van der Waals surface area contributed by atoms with Crippen molar-refractivity contribution in [3.63, 3.8) is 0 Å². The molecule has 0 radical (unpaired) electrons. The molecule has 1 N–H and O–H groups in total. The molecule has 0 amide bonds. The topological polar surface area (TPSA) is 30.5 Å². The van der Waals surface area contributed by atoms with Crippen molar-refractivity contribution in [3.05, 3.63) is 52.8 Å². The third-order valence-corrected chi connectivity index (χ3v) is 3.15. The third kappa shape index (κ3) is 3.54. The van der Waals surface area contributed by atoms with Gasteiger partial charge in [0.15, 0.2) is 0 Å². The highest BCUT2D eigenvalue weighted by molar-refractivity contribution is 6.33. The maximum atomic E-state index is 13.2. The second-order valence-corrected chi connectivity index (χ2v) is 4.61. The lowest BCUT2D eigenvalue weighted by Crippen LogP contribution is -2.01. The van der Waals surface area contributed by atoms with Crippen LogP contribution in [-0.2, 0) is 6.54 Å². The molecule has 2 aromatic rings. The normalized spacial score (nSPS) is 10.2. The Hall–Kier alpha value is -1.94. The number of hydrogen-bond donors (Lipinski definition) is 1. The summed E-state index contributed by atoms with van der Waals surface area (Å²) in [7, 11) is 3.19. The van der Waals surface area contributed by atoms with Crippen molar-refractivity contribution in [2.45, 2.75) is 6.54 Å². The van der Waals surface area contributed by atoms with Crippen molar-refractivity contribution >= 4 is 17.3 Å². The van der Waals surface area contributed by atoms with Crippen LogP contribution >= 0.6 is 11.6 Å². The van der Waals surface area contributed by atoms with Crippen molar-refractivity contribution in [2.75, 3.05) is 19.5 Å². The van der Waals surface area contributed by atoms with Gasteiger partial charge in [0.05, 0.1) is 24.9 Å². The molecule has 0 aliphatic rings. The molecule has 0 aromatic heterocycles. The first-order valence-electron chi connectivity index (χ1n) is 6.03. The largest absolute Gasteiger partial charge is 0.497 e. The van der Waals surface area contributed by atoms with E-state index in [0.717, 1.165) is 5.56 Å². The molecule has 0 aliphatic heterocycles. The SMILES string of the molecule is COc1cc(CNc2cc(F)ccc2Cl)cc(OC)c1. The Kier molecular flexibility index (Phi) is 4.69. The number of ether oxygens (including phenoxy) is 2. The maximum absolute atomic E-state index is 13.2. The minimum Gasteiger partial charge on any atom is -0.497 e. The molecule has 0 heterocycles. The van der Waals surface area contributed by atoms with Gasteiger partial charge in [0.1, 0.15) is 17.3 Å². The number of nitrogens with one attached hydrogen (secondary N) is 1. The van der Waals surface area contributed by atoms with E-state index in [0.29, 0.717) is 28.8 Å². The average Bonchev–Trinajstić information content (AvgIpc) is 2.47. The van der Waals surface area contributed by atoms with E-state index >= 15 is 0 Å². The molecule has 0 unspecified atom stereocenters. The van der Waals surface area contributed by atoms with Crippen LogP contribution in [0.25, 0.3) is 0 Å². The first-order valence-corrected chi connectivity index (χ1v) is 6.41. The molecule has 0 aliphatic carbocycles. The highest BCUT2D eigenvalue weighted by Crippen LogP contribution is 2.26. The first kappa shape index (κ1) is 14.5. The van der Waals surface area contributed by atoms with Gasteiger partial charge in [-0.2, -0.15) is 0 Å². The van der Waals surface area contributed by atoms with Crippen molar-refractivity contribution in [1.29, 1.82) is 0 Å². The lowest BCUT2D eigenvalue weighted by Gasteiger charge is -2.11. The number of methoxy groups -OCH3 is 2. The van der Waals surface area contributed by atoms with Crippen LogP contribution < -0.4 is 14.8 Å². The number of anilines is 1. The molecule has 2 rings (SSSR count). The Balaban J connectivity index is 2.16. The molecule has 0 fully saturated rings. The van der Waals surface area contributed by atoms with Crippen LogP contribution in [0.5, 0.6) is 11.5 Å². The molecule has 2 aromatic carbocycles. The van der Waals surface area contributed by atoms with Gasteiger partial charge < -0.3 is 14.8 Å². The Labute approximate surface area is 122 Å². The van der Waals surface area contributed by atoms with E-state index in [1.54, 1.807) is 20.3 Å².